The van der Waals surface area contributed by atoms with E-state index in [1.807, 2.05) is 0 Å². The molecule has 7 nitrogen and oxygen atoms in total. The van der Waals surface area contributed by atoms with Gasteiger partial charge in [0.25, 0.3) is 0 Å². The fourth-order valence-corrected chi connectivity index (χ4v) is 1.64. The molecule has 0 rings (SSSR count). The summed E-state index contributed by atoms with van der Waals surface area (Å²) in [5.41, 5.74) is 0. The van der Waals surface area contributed by atoms with E-state index in [2.05, 4.69) is 11.3 Å². The van der Waals surface area contributed by atoms with Gasteiger partial charge in [-0.2, -0.15) is 0 Å². The summed E-state index contributed by atoms with van der Waals surface area (Å²) >= 11 is 0. The number of Topliss-reactive ketones (excluding diaryl/α,β-unsaturated/α-hetero) is 2. The normalized spacial score (nSPS) is 13.2. The quantitative estimate of drug-likeness (QED) is 0.188. The van der Waals surface area contributed by atoms with E-state index >= 15 is 0 Å². The van der Waals surface area contributed by atoms with E-state index in [9.17, 15) is 19.5 Å². The summed E-state index contributed by atoms with van der Waals surface area (Å²) in [5, 5.41) is 26.9. The van der Waals surface area contributed by atoms with Gasteiger partial charge in [0.15, 0.2) is 6.61 Å². The minimum atomic E-state index is -1.82. The van der Waals surface area contributed by atoms with E-state index < -0.39 is 43.6 Å². The van der Waals surface area contributed by atoms with Crippen LogP contribution in [0.4, 0.5) is 0 Å². The second-order valence-corrected chi connectivity index (χ2v) is 4.93. The minimum absolute atomic E-state index is 0.270. The predicted molar refractivity (Wildman–Crippen MR) is 78.0 cm³/mol. The maximum atomic E-state index is 11.5. The lowest BCUT2D eigenvalue weighted by Gasteiger charge is -2.14. The molecular weight excluding hydrogens is 292 g/mol. The van der Waals surface area contributed by atoms with E-state index in [0.29, 0.717) is 6.42 Å². The summed E-state index contributed by atoms with van der Waals surface area (Å²) in [6, 6.07) is 0. The number of hydrogen-bond donors (Lipinski definition) is 3. The number of ether oxygens (including phenoxy) is 1. The molecule has 0 aliphatic heterocycles. The average molecular weight is 316 g/mol. The lowest BCUT2D eigenvalue weighted by atomic mass is 10.1. The Hall–Kier alpha value is -1.57. The molecule has 0 amide bonds. The van der Waals surface area contributed by atoms with E-state index in [0.717, 1.165) is 19.3 Å². The molecule has 0 saturated carbocycles. The Kier molecular flexibility index (Phi) is 11.2. The number of aliphatic hydroxyl groups excluding tert-OH is 3. The minimum Gasteiger partial charge on any atom is -0.457 e. The summed E-state index contributed by atoms with van der Waals surface area (Å²) in [4.78, 5) is 34.2. The number of unbranched alkanes of at least 4 members (excludes halogenated alkanes) is 3. The predicted octanol–water partition coefficient (Wildman–Crippen LogP) is -0.0915. The molecule has 22 heavy (non-hydrogen) atoms. The largest absolute Gasteiger partial charge is 0.457 e. The van der Waals surface area contributed by atoms with Crippen molar-refractivity contribution in [1.82, 2.24) is 0 Å². The van der Waals surface area contributed by atoms with Gasteiger partial charge in [-0.25, -0.2) is 0 Å². The second-order valence-electron chi connectivity index (χ2n) is 4.93. The van der Waals surface area contributed by atoms with Crippen LogP contribution >= 0.6 is 0 Å². The Labute approximate surface area is 129 Å². The van der Waals surface area contributed by atoms with Crippen molar-refractivity contribution in [3.05, 3.63) is 12.7 Å². The highest BCUT2D eigenvalue weighted by atomic mass is 16.5. The van der Waals surface area contributed by atoms with Crippen molar-refractivity contribution in [3.63, 3.8) is 0 Å². The van der Waals surface area contributed by atoms with Crippen LogP contribution in [0.3, 0.4) is 0 Å². The van der Waals surface area contributed by atoms with Crippen LogP contribution in [-0.2, 0) is 19.1 Å². The highest BCUT2D eigenvalue weighted by Gasteiger charge is 2.24. The summed E-state index contributed by atoms with van der Waals surface area (Å²) in [5.74, 6) is -2.06. The standard InChI is InChI=1S/C15H24O7/c1-2-3-4-5-6-7-11(17)8-14(20)22-10-13(19)15(21)12(18)9-16/h2,12,15-16,18,21H,1,3-10H2/t12-,15+/m1/s1. The summed E-state index contributed by atoms with van der Waals surface area (Å²) < 4.78 is 4.56. The highest BCUT2D eigenvalue weighted by Crippen LogP contribution is 2.06. The first-order chi connectivity index (χ1) is 10.4. The Morgan fingerprint density at radius 2 is 1.82 bits per heavy atom. The number of carbonyl (C=O) groups excluding carboxylic acids is 3. The van der Waals surface area contributed by atoms with Gasteiger partial charge in [0.05, 0.1) is 6.61 Å². The lowest BCUT2D eigenvalue weighted by molar-refractivity contribution is -0.154. The van der Waals surface area contributed by atoms with Gasteiger partial charge >= 0.3 is 5.97 Å². The summed E-state index contributed by atoms with van der Waals surface area (Å²) in [6.45, 7) is 2.06. The number of aliphatic hydroxyl groups is 3. The average Bonchev–Trinajstić information content (AvgIpc) is 2.50. The third-order valence-electron chi connectivity index (χ3n) is 2.96. The first kappa shape index (κ1) is 20.4. The van der Waals surface area contributed by atoms with Crippen LogP contribution in [0.1, 0.15) is 38.5 Å². The number of allylic oxidation sites excluding steroid dienone is 1. The monoisotopic (exact) mass is 316 g/mol. The van der Waals surface area contributed by atoms with Gasteiger partial charge in [0.2, 0.25) is 5.78 Å². The molecular formula is C15H24O7. The number of rotatable bonds is 13. The molecule has 0 heterocycles. The van der Waals surface area contributed by atoms with E-state index in [-0.39, 0.29) is 12.2 Å². The SMILES string of the molecule is C=CCCCCCC(=O)CC(=O)OCC(=O)[C@@H](O)[C@H](O)CO. The van der Waals surface area contributed by atoms with E-state index in [1.165, 1.54) is 0 Å². The molecule has 0 aromatic rings. The third-order valence-corrected chi connectivity index (χ3v) is 2.96. The molecule has 0 radical (unpaired) electrons. The van der Waals surface area contributed by atoms with Crippen molar-refractivity contribution in [2.24, 2.45) is 0 Å². The van der Waals surface area contributed by atoms with Crippen LogP contribution in [0.15, 0.2) is 12.7 Å². The Bertz CT molecular complexity index is 378. The number of ketones is 2. The fraction of sp³-hybridized carbons (Fsp3) is 0.667. The van der Waals surface area contributed by atoms with Gasteiger partial charge in [-0.3, -0.25) is 14.4 Å². The second kappa shape index (κ2) is 12.0. The van der Waals surface area contributed by atoms with Crippen molar-refractivity contribution < 1.29 is 34.4 Å². The zero-order valence-corrected chi connectivity index (χ0v) is 12.6. The van der Waals surface area contributed by atoms with E-state index in [1.54, 1.807) is 6.08 Å². The molecule has 0 aliphatic rings. The van der Waals surface area contributed by atoms with Crippen LogP contribution < -0.4 is 0 Å². The highest BCUT2D eigenvalue weighted by molar-refractivity contribution is 5.96. The first-order valence-corrected chi connectivity index (χ1v) is 7.20. The molecule has 0 aliphatic carbocycles. The van der Waals surface area contributed by atoms with Crippen molar-refractivity contribution in [2.75, 3.05) is 13.2 Å². The smallest absolute Gasteiger partial charge is 0.313 e. The van der Waals surface area contributed by atoms with E-state index in [4.69, 9.17) is 10.2 Å². The maximum absolute atomic E-state index is 11.5. The third kappa shape index (κ3) is 9.38. The van der Waals surface area contributed by atoms with Gasteiger partial charge in [0, 0.05) is 6.42 Å². The van der Waals surface area contributed by atoms with Crippen molar-refractivity contribution >= 4 is 17.5 Å². The Morgan fingerprint density at radius 3 is 2.41 bits per heavy atom. The molecule has 126 valence electrons. The molecule has 0 saturated heterocycles. The van der Waals surface area contributed by atoms with Crippen molar-refractivity contribution in [3.8, 4) is 0 Å². The molecule has 3 N–H and O–H groups in total. The number of carbonyl (C=O) groups is 3. The van der Waals surface area contributed by atoms with Gasteiger partial charge in [-0.05, 0) is 19.3 Å². The van der Waals surface area contributed by atoms with Gasteiger partial charge in [-0.1, -0.05) is 12.5 Å². The number of esters is 1. The molecule has 0 bridgehead atoms. The number of hydrogen-bond acceptors (Lipinski definition) is 7. The molecule has 0 unspecified atom stereocenters. The molecule has 0 fully saturated rings. The zero-order chi connectivity index (χ0) is 17.0. The van der Waals surface area contributed by atoms with Crippen LogP contribution in [0, 0.1) is 0 Å². The van der Waals surface area contributed by atoms with Crippen LogP contribution in [0.5, 0.6) is 0 Å². The summed E-state index contributed by atoms with van der Waals surface area (Å²) in [7, 11) is 0. The van der Waals surface area contributed by atoms with Crippen LogP contribution in [0.2, 0.25) is 0 Å². The molecule has 7 heteroatoms. The van der Waals surface area contributed by atoms with Crippen molar-refractivity contribution in [2.45, 2.75) is 50.7 Å². The Balaban J connectivity index is 3.86. The molecule has 0 spiro atoms. The van der Waals surface area contributed by atoms with Gasteiger partial charge in [-0.15, -0.1) is 6.58 Å². The molecule has 2 atom stereocenters. The van der Waals surface area contributed by atoms with Crippen LogP contribution in [0.25, 0.3) is 0 Å². The fourth-order valence-electron chi connectivity index (χ4n) is 1.64. The molecule has 0 aromatic heterocycles. The Morgan fingerprint density at radius 1 is 1.14 bits per heavy atom. The molecule has 0 aromatic carbocycles. The van der Waals surface area contributed by atoms with Crippen LogP contribution in [-0.4, -0.2) is 58.3 Å². The zero-order valence-electron chi connectivity index (χ0n) is 12.6. The topological polar surface area (TPSA) is 121 Å². The van der Waals surface area contributed by atoms with Gasteiger partial charge in [0.1, 0.15) is 24.4 Å². The van der Waals surface area contributed by atoms with Crippen molar-refractivity contribution in [1.29, 1.82) is 0 Å². The maximum Gasteiger partial charge on any atom is 0.313 e. The lowest BCUT2D eigenvalue weighted by Crippen LogP contribution is -2.38. The van der Waals surface area contributed by atoms with Gasteiger partial charge < -0.3 is 20.1 Å². The first-order valence-electron chi connectivity index (χ1n) is 7.20. The summed E-state index contributed by atoms with van der Waals surface area (Å²) in [6.07, 6.45) is 1.59.